The van der Waals surface area contributed by atoms with Gasteiger partial charge in [-0.3, -0.25) is 0 Å². The van der Waals surface area contributed by atoms with Crippen LogP contribution in [-0.2, 0) is 4.79 Å². The first-order valence-corrected chi connectivity index (χ1v) is 6.61. The number of hydrogen-bond acceptors (Lipinski definition) is 2. The lowest BCUT2D eigenvalue weighted by Gasteiger charge is -1.99. The molecule has 0 saturated heterocycles. The summed E-state index contributed by atoms with van der Waals surface area (Å²) in [5.41, 5.74) is 0.450. The quantitative estimate of drug-likeness (QED) is 0.571. The predicted molar refractivity (Wildman–Crippen MR) is 68.7 cm³/mol. The lowest BCUT2D eigenvalue weighted by molar-refractivity contribution is -0.130. The molecule has 88 valence electrons. The SMILES string of the molecule is CCCCCC/C=C(/C(=O)O)c1cccs1. The maximum atomic E-state index is 11.1. The van der Waals surface area contributed by atoms with Gasteiger partial charge in [0.05, 0.1) is 5.57 Å². The highest BCUT2D eigenvalue weighted by Crippen LogP contribution is 2.21. The van der Waals surface area contributed by atoms with Crippen LogP contribution in [-0.4, -0.2) is 11.1 Å². The van der Waals surface area contributed by atoms with E-state index in [0.717, 1.165) is 17.7 Å². The molecule has 16 heavy (non-hydrogen) atoms. The predicted octanol–water partition coefficient (Wildman–Crippen LogP) is 4.19. The summed E-state index contributed by atoms with van der Waals surface area (Å²) < 4.78 is 0. The fourth-order valence-corrected chi connectivity index (χ4v) is 2.30. The molecule has 0 aliphatic rings. The Balaban J connectivity index is 2.51. The summed E-state index contributed by atoms with van der Waals surface area (Å²) in [6.07, 6.45) is 7.42. The van der Waals surface area contributed by atoms with Crippen molar-refractivity contribution in [2.24, 2.45) is 0 Å². The number of aliphatic carboxylic acids is 1. The Morgan fingerprint density at radius 2 is 2.25 bits per heavy atom. The largest absolute Gasteiger partial charge is 0.478 e. The number of hydrogen-bond donors (Lipinski definition) is 1. The van der Waals surface area contributed by atoms with Gasteiger partial charge in [0.25, 0.3) is 0 Å². The van der Waals surface area contributed by atoms with Crippen molar-refractivity contribution in [2.45, 2.75) is 39.0 Å². The van der Waals surface area contributed by atoms with Crippen LogP contribution in [0, 0.1) is 0 Å². The highest BCUT2D eigenvalue weighted by molar-refractivity contribution is 7.11. The smallest absolute Gasteiger partial charge is 0.336 e. The molecule has 0 aliphatic heterocycles. The zero-order chi connectivity index (χ0) is 11.8. The molecule has 0 amide bonds. The fourth-order valence-electron chi connectivity index (χ4n) is 1.54. The van der Waals surface area contributed by atoms with Gasteiger partial charge in [0.2, 0.25) is 0 Å². The normalized spacial score (nSPS) is 11.7. The summed E-state index contributed by atoms with van der Waals surface area (Å²) in [4.78, 5) is 11.9. The maximum absolute atomic E-state index is 11.1. The molecule has 2 nitrogen and oxygen atoms in total. The second-order valence-corrected chi connectivity index (χ2v) is 4.70. The zero-order valence-electron chi connectivity index (χ0n) is 9.61. The van der Waals surface area contributed by atoms with Gasteiger partial charge in [-0.2, -0.15) is 0 Å². The van der Waals surface area contributed by atoms with E-state index in [0.29, 0.717) is 5.57 Å². The first-order valence-electron chi connectivity index (χ1n) is 5.73. The number of carbonyl (C=O) groups is 1. The van der Waals surface area contributed by atoms with E-state index in [1.165, 1.54) is 30.6 Å². The van der Waals surface area contributed by atoms with Crippen molar-refractivity contribution < 1.29 is 9.90 Å². The summed E-state index contributed by atoms with van der Waals surface area (Å²) in [6.45, 7) is 2.17. The van der Waals surface area contributed by atoms with Gasteiger partial charge in [0.1, 0.15) is 0 Å². The van der Waals surface area contributed by atoms with Crippen molar-refractivity contribution in [3.05, 3.63) is 28.5 Å². The van der Waals surface area contributed by atoms with Gasteiger partial charge in [-0.1, -0.05) is 38.3 Å². The Kier molecular flexibility index (Phi) is 5.86. The van der Waals surface area contributed by atoms with Crippen molar-refractivity contribution in [3.63, 3.8) is 0 Å². The minimum Gasteiger partial charge on any atom is -0.478 e. The highest BCUT2D eigenvalue weighted by Gasteiger charge is 2.09. The van der Waals surface area contributed by atoms with E-state index in [2.05, 4.69) is 6.92 Å². The molecule has 0 aromatic carbocycles. The summed E-state index contributed by atoms with van der Waals surface area (Å²) in [6, 6.07) is 3.74. The number of carboxylic acid groups (broad SMARTS) is 1. The Labute approximate surface area is 101 Å². The topological polar surface area (TPSA) is 37.3 Å². The van der Waals surface area contributed by atoms with Gasteiger partial charge in [0, 0.05) is 4.88 Å². The second-order valence-electron chi connectivity index (χ2n) is 3.75. The van der Waals surface area contributed by atoms with E-state index in [9.17, 15) is 4.79 Å². The first kappa shape index (κ1) is 13.0. The Morgan fingerprint density at radius 3 is 2.81 bits per heavy atom. The molecule has 0 radical (unpaired) electrons. The lowest BCUT2D eigenvalue weighted by Crippen LogP contribution is -1.97. The average Bonchev–Trinajstić information content (AvgIpc) is 2.76. The molecule has 1 rings (SSSR count). The molecule has 0 atom stereocenters. The van der Waals surface area contributed by atoms with Crippen LogP contribution in [0.5, 0.6) is 0 Å². The molecule has 0 spiro atoms. The molecular formula is C13H18O2S. The van der Waals surface area contributed by atoms with Crippen LogP contribution < -0.4 is 0 Å². The van der Waals surface area contributed by atoms with Crippen LogP contribution in [0.15, 0.2) is 23.6 Å². The van der Waals surface area contributed by atoms with Gasteiger partial charge in [-0.15, -0.1) is 11.3 Å². The standard InChI is InChI=1S/C13H18O2S/c1-2-3-4-5-6-8-11(13(14)15)12-9-7-10-16-12/h7-10H,2-6H2,1H3,(H,14,15)/b11-8+. The van der Waals surface area contributed by atoms with Gasteiger partial charge >= 0.3 is 5.97 Å². The molecule has 0 aliphatic carbocycles. The van der Waals surface area contributed by atoms with E-state index in [-0.39, 0.29) is 0 Å². The molecule has 0 saturated carbocycles. The summed E-state index contributed by atoms with van der Waals surface area (Å²) >= 11 is 1.48. The first-order chi connectivity index (χ1) is 7.75. The van der Waals surface area contributed by atoms with E-state index in [4.69, 9.17) is 5.11 Å². The maximum Gasteiger partial charge on any atom is 0.336 e. The van der Waals surface area contributed by atoms with E-state index in [1.54, 1.807) is 0 Å². The number of thiophene rings is 1. The zero-order valence-corrected chi connectivity index (χ0v) is 10.4. The van der Waals surface area contributed by atoms with Crippen LogP contribution in [0.3, 0.4) is 0 Å². The molecule has 1 aromatic heterocycles. The Bertz CT molecular complexity index is 339. The highest BCUT2D eigenvalue weighted by atomic mass is 32.1. The number of rotatable bonds is 7. The van der Waals surface area contributed by atoms with Crippen LogP contribution in [0.25, 0.3) is 5.57 Å². The Morgan fingerprint density at radius 1 is 1.44 bits per heavy atom. The third kappa shape index (κ3) is 4.19. The number of carboxylic acids is 1. The Hall–Kier alpha value is -1.09. The van der Waals surface area contributed by atoms with Crippen LogP contribution >= 0.6 is 11.3 Å². The molecule has 1 aromatic rings. The second kappa shape index (κ2) is 7.23. The molecule has 0 fully saturated rings. The van der Waals surface area contributed by atoms with Crippen molar-refractivity contribution in [1.82, 2.24) is 0 Å². The van der Waals surface area contributed by atoms with Gasteiger partial charge < -0.3 is 5.11 Å². The van der Waals surface area contributed by atoms with Gasteiger partial charge in [-0.05, 0) is 24.3 Å². The molecule has 1 heterocycles. The van der Waals surface area contributed by atoms with Crippen molar-refractivity contribution in [1.29, 1.82) is 0 Å². The molecular weight excluding hydrogens is 220 g/mol. The van der Waals surface area contributed by atoms with Crippen molar-refractivity contribution >= 4 is 22.9 Å². The molecule has 0 bridgehead atoms. The van der Waals surface area contributed by atoms with Crippen molar-refractivity contribution in [3.8, 4) is 0 Å². The minimum atomic E-state index is -0.821. The third-order valence-electron chi connectivity index (χ3n) is 2.42. The molecule has 1 N–H and O–H groups in total. The average molecular weight is 238 g/mol. The van der Waals surface area contributed by atoms with Crippen LogP contribution in [0.4, 0.5) is 0 Å². The third-order valence-corrected chi connectivity index (χ3v) is 3.33. The summed E-state index contributed by atoms with van der Waals surface area (Å²) in [5.74, 6) is -0.821. The number of allylic oxidation sites excluding steroid dienone is 1. The molecule has 3 heteroatoms. The lowest BCUT2D eigenvalue weighted by atomic mass is 10.1. The van der Waals surface area contributed by atoms with E-state index in [1.807, 2.05) is 23.6 Å². The van der Waals surface area contributed by atoms with Crippen LogP contribution in [0.1, 0.15) is 43.9 Å². The van der Waals surface area contributed by atoms with Crippen LogP contribution in [0.2, 0.25) is 0 Å². The fraction of sp³-hybridized carbons (Fsp3) is 0.462. The summed E-state index contributed by atoms with van der Waals surface area (Å²) in [7, 11) is 0. The van der Waals surface area contributed by atoms with E-state index < -0.39 is 5.97 Å². The molecule has 0 unspecified atom stereocenters. The minimum absolute atomic E-state index is 0.450. The van der Waals surface area contributed by atoms with Crippen molar-refractivity contribution in [2.75, 3.05) is 0 Å². The summed E-state index contributed by atoms with van der Waals surface area (Å²) in [5, 5.41) is 11.0. The number of unbranched alkanes of at least 4 members (excludes halogenated alkanes) is 4. The monoisotopic (exact) mass is 238 g/mol. The van der Waals surface area contributed by atoms with Gasteiger partial charge in [-0.25, -0.2) is 4.79 Å². The van der Waals surface area contributed by atoms with E-state index >= 15 is 0 Å². The van der Waals surface area contributed by atoms with Gasteiger partial charge in [0.15, 0.2) is 0 Å².